The van der Waals surface area contributed by atoms with Crippen molar-refractivity contribution >= 4 is 37.3 Å². The summed E-state index contributed by atoms with van der Waals surface area (Å²) in [5, 5.41) is 0. The van der Waals surface area contributed by atoms with Crippen molar-refractivity contribution in [3.05, 3.63) is 53.6 Å². The summed E-state index contributed by atoms with van der Waals surface area (Å²) in [6, 6.07) is 10.4. The quantitative estimate of drug-likeness (QED) is 0.837. The van der Waals surface area contributed by atoms with E-state index in [1.807, 2.05) is 19.9 Å². The third kappa shape index (κ3) is 3.70. The third-order valence-electron chi connectivity index (χ3n) is 4.50. The maximum Gasteiger partial charge on any atom is 0.261 e. The summed E-state index contributed by atoms with van der Waals surface area (Å²) in [7, 11) is -7.56. The van der Waals surface area contributed by atoms with Crippen LogP contribution >= 0.6 is 0 Å². The van der Waals surface area contributed by atoms with Gasteiger partial charge in [0.2, 0.25) is 15.9 Å². The zero-order chi connectivity index (χ0) is 20.0. The molecular weight excluding hydrogens is 388 g/mol. The average molecular weight is 409 g/mol. The van der Waals surface area contributed by atoms with E-state index in [-0.39, 0.29) is 16.3 Å². The second-order valence-electron chi connectivity index (χ2n) is 6.68. The van der Waals surface area contributed by atoms with E-state index in [1.165, 1.54) is 24.3 Å². The summed E-state index contributed by atoms with van der Waals surface area (Å²) in [6.07, 6.45) is 0. The maximum absolute atomic E-state index is 12.6. The lowest BCUT2D eigenvalue weighted by Gasteiger charge is -2.16. The molecule has 1 heterocycles. The Hall–Kier alpha value is -2.39. The van der Waals surface area contributed by atoms with Gasteiger partial charge in [0.15, 0.2) is 0 Å². The summed E-state index contributed by atoms with van der Waals surface area (Å²) >= 11 is 0. The molecular formula is C18H20N2O5S2. The fraction of sp³-hybridized carbons (Fsp3) is 0.278. The number of anilines is 2. The predicted molar refractivity (Wildman–Crippen MR) is 104 cm³/mol. The van der Waals surface area contributed by atoms with Gasteiger partial charge in [-0.1, -0.05) is 13.0 Å². The largest absolute Gasteiger partial charge is 0.280 e. The third-order valence-corrected chi connectivity index (χ3v) is 7.77. The van der Waals surface area contributed by atoms with Crippen molar-refractivity contribution in [3.8, 4) is 0 Å². The number of sulfonamides is 2. The van der Waals surface area contributed by atoms with Gasteiger partial charge in [-0.15, -0.1) is 0 Å². The van der Waals surface area contributed by atoms with Gasteiger partial charge in [0.1, 0.15) is 0 Å². The molecule has 0 aromatic heterocycles. The first-order valence-electron chi connectivity index (χ1n) is 8.28. The molecule has 7 nitrogen and oxygen atoms in total. The van der Waals surface area contributed by atoms with E-state index in [9.17, 15) is 21.6 Å². The molecule has 27 heavy (non-hydrogen) atoms. The fourth-order valence-corrected chi connectivity index (χ4v) is 5.74. The number of amides is 1. The van der Waals surface area contributed by atoms with Crippen LogP contribution in [0.25, 0.3) is 0 Å². The van der Waals surface area contributed by atoms with E-state index in [0.717, 1.165) is 15.4 Å². The molecule has 1 amide bonds. The van der Waals surface area contributed by atoms with Gasteiger partial charge in [0.25, 0.3) is 10.0 Å². The molecule has 0 spiro atoms. The molecule has 0 unspecified atom stereocenters. The van der Waals surface area contributed by atoms with Crippen molar-refractivity contribution in [2.75, 3.05) is 14.8 Å². The highest BCUT2D eigenvalue weighted by molar-refractivity contribution is 7.94. The van der Waals surface area contributed by atoms with E-state index in [4.69, 9.17) is 0 Å². The Morgan fingerprint density at radius 1 is 1.04 bits per heavy atom. The van der Waals surface area contributed by atoms with Crippen LogP contribution in [0, 0.1) is 19.8 Å². The van der Waals surface area contributed by atoms with E-state index in [2.05, 4.69) is 4.72 Å². The molecule has 0 aliphatic carbocycles. The van der Waals surface area contributed by atoms with Crippen molar-refractivity contribution in [1.82, 2.24) is 0 Å². The van der Waals surface area contributed by atoms with Gasteiger partial charge in [-0.05, 0) is 61.4 Å². The standard InChI is InChI=1S/C18H20N2O5S2/c1-12-4-5-15(10-13(12)2)19-27(24,25)17-8-6-16(7-9-17)20-18(21)14(3)11-26(20,22)23/h4-10,14,19H,11H2,1-3H3/t14-/m0/s1. The molecule has 0 radical (unpaired) electrons. The molecule has 0 saturated carbocycles. The zero-order valence-corrected chi connectivity index (χ0v) is 16.8. The van der Waals surface area contributed by atoms with E-state index >= 15 is 0 Å². The van der Waals surface area contributed by atoms with Crippen molar-refractivity contribution in [2.45, 2.75) is 25.7 Å². The molecule has 3 rings (SSSR count). The Kier molecular flexibility index (Phi) is 4.77. The van der Waals surface area contributed by atoms with E-state index < -0.39 is 31.9 Å². The summed E-state index contributed by atoms with van der Waals surface area (Å²) in [5.74, 6) is -1.39. The number of hydrogen-bond donors (Lipinski definition) is 1. The van der Waals surface area contributed by atoms with Gasteiger partial charge in [-0.25, -0.2) is 21.1 Å². The Morgan fingerprint density at radius 2 is 1.67 bits per heavy atom. The van der Waals surface area contributed by atoms with Crippen molar-refractivity contribution in [1.29, 1.82) is 0 Å². The average Bonchev–Trinajstić information content (AvgIpc) is 2.78. The lowest BCUT2D eigenvalue weighted by molar-refractivity contribution is -0.119. The maximum atomic E-state index is 12.6. The normalized spacial score (nSPS) is 19.3. The molecule has 1 atom stereocenters. The van der Waals surface area contributed by atoms with Crippen LogP contribution in [0.15, 0.2) is 47.4 Å². The molecule has 1 aliphatic rings. The van der Waals surface area contributed by atoms with Gasteiger partial charge in [0.05, 0.1) is 22.3 Å². The zero-order valence-electron chi connectivity index (χ0n) is 15.1. The first-order valence-corrected chi connectivity index (χ1v) is 11.4. The molecule has 2 aromatic carbocycles. The molecule has 2 aromatic rings. The van der Waals surface area contributed by atoms with Crippen LogP contribution in [-0.2, 0) is 24.8 Å². The Morgan fingerprint density at radius 3 is 2.19 bits per heavy atom. The molecule has 9 heteroatoms. The SMILES string of the molecule is Cc1ccc(NS(=O)(=O)c2ccc(N3C(=O)[C@@H](C)CS3(=O)=O)cc2)cc1C. The van der Waals surface area contributed by atoms with Crippen LogP contribution in [-0.4, -0.2) is 28.5 Å². The summed E-state index contributed by atoms with van der Waals surface area (Å²) < 4.78 is 52.6. The summed E-state index contributed by atoms with van der Waals surface area (Å²) in [6.45, 7) is 5.36. The lowest BCUT2D eigenvalue weighted by atomic mass is 10.1. The minimum Gasteiger partial charge on any atom is -0.280 e. The van der Waals surface area contributed by atoms with Gasteiger partial charge >= 0.3 is 0 Å². The Labute approximate surface area is 159 Å². The van der Waals surface area contributed by atoms with Crippen molar-refractivity contribution in [3.63, 3.8) is 0 Å². The van der Waals surface area contributed by atoms with Crippen LogP contribution in [0.5, 0.6) is 0 Å². The summed E-state index contributed by atoms with van der Waals surface area (Å²) in [5.41, 5.74) is 2.58. The monoisotopic (exact) mass is 408 g/mol. The van der Waals surface area contributed by atoms with Crippen molar-refractivity contribution in [2.24, 2.45) is 5.92 Å². The number of rotatable bonds is 4. The number of nitrogens with one attached hydrogen (secondary N) is 1. The lowest BCUT2D eigenvalue weighted by Crippen LogP contribution is -2.30. The second-order valence-corrected chi connectivity index (χ2v) is 10.2. The first kappa shape index (κ1) is 19.4. The molecule has 0 bridgehead atoms. The highest BCUT2D eigenvalue weighted by Crippen LogP contribution is 2.29. The van der Waals surface area contributed by atoms with Crippen LogP contribution in [0.2, 0.25) is 0 Å². The molecule has 1 N–H and O–H groups in total. The smallest absolute Gasteiger partial charge is 0.261 e. The first-order chi connectivity index (χ1) is 12.5. The minimum atomic E-state index is -3.84. The van der Waals surface area contributed by atoms with Gasteiger partial charge in [-0.3, -0.25) is 9.52 Å². The van der Waals surface area contributed by atoms with Crippen molar-refractivity contribution < 1.29 is 21.6 Å². The highest BCUT2D eigenvalue weighted by Gasteiger charge is 2.41. The van der Waals surface area contributed by atoms with E-state index in [0.29, 0.717) is 5.69 Å². The number of carbonyl (C=O) groups is 1. The number of hydrogen-bond acceptors (Lipinski definition) is 5. The van der Waals surface area contributed by atoms with E-state index in [1.54, 1.807) is 19.1 Å². The number of nitrogens with zero attached hydrogens (tertiary/aromatic N) is 1. The Bertz CT molecular complexity index is 1110. The number of benzene rings is 2. The van der Waals surface area contributed by atoms with Gasteiger partial charge in [0, 0.05) is 5.69 Å². The second kappa shape index (κ2) is 6.65. The van der Waals surface area contributed by atoms with Gasteiger partial charge < -0.3 is 0 Å². The van der Waals surface area contributed by atoms with Crippen LogP contribution in [0.3, 0.4) is 0 Å². The molecule has 144 valence electrons. The topological polar surface area (TPSA) is 101 Å². The fourth-order valence-electron chi connectivity index (χ4n) is 2.87. The van der Waals surface area contributed by atoms with Gasteiger partial charge in [-0.2, -0.15) is 0 Å². The predicted octanol–water partition coefficient (Wildman–Crippen LogP) is 2.42. The summed E-state index contributed by atoms with van der Waals surface area (Å²) in [4.78, 5) is 12.1. The molecule has 1 saturated heterocycles. The number of carbonyl (C=O) groups excluding carboxylic acids is 1. The van der Waals surface area contributed by atoms with Crippen LogP contribution in [0.1, 0.15) is 18.1 Å². The Balaban J connectivity index is 1.88. The van der Waals surface area contributed by atoms with Crippen LogP contribution < -0.4 is 9.03 Å². The minimum absolute atomic E-state index is 0.0263. The highest BCUT2D eigenvalue weighted by atomic mass is 32.2. The molecule has 1 aliphatic heterocycles. The molecule has 1 fully saturated rings. The number of aryl methyl sites for hydroxylation is 2. The van der Waals surface area contributed by atoms with Crippen LogP contribution in [0.4, 0.5) is 11.4 Å².